The van der Waals surface area contributed by atoms with E-state index in [1.807, 2.05) is 24.4 Å². The second-order valence-corrected chi connectivity index (χ2v) is 15.3. The number of hydrogen-bond donors (Lipinski definition) is 2. The van der Waals surface area contributed by atoms with E-state index in [1.54, 1.807) is 24.0 Å². The quantitative estimate of drug-likeness (QED) is 0.0324. The predicted molar refractivity (Wildman–Crippen MR) is 235 cm³/mol. The molecule has 2 fully saturated rings. The molecule has 2 saturated heterocycles. The number of nitrogens with two attached hydrogens (primary N) is 1. The molecule has 2 aliphatic rings. The molecule has 1 unspecified atom stereocenters. The zero-order chi connectivity index (χ0) is 44.2. The van der Waals surface area contributed by atoms with Crippen LogP contribution in [0.5, 0.6) is 5.88 Å². The summed E-state index contributed by atoms with van der Waals surface area (Å²) in [5.74, 6) is -0.110. The lowest BCUT2D eigenvalue weighted by Gasteiger charge is -2.39. The number of methoxy groups -OCH3 is 2. The highest BCUT2D eigenvalue weighted by molar-refractivity contribution is 6.33. The molecule has 0 spiro atoms. The molecule has 5 heterocycles. The number of amidine groups is 1. The Labute approximate surface area is 372 Å². The fourth-order valence-corrected chi connectivity index (χ4v) is 7.74. The Hall–Kier alpha value is -4.50. The Balaban J connectivity index is 0.951. The largest absolute Gasteiger partial charge is 0.475 e. The second kappa shape index (κ2) is 25.7. The number of anilines is 1. The molecular weight excluding hydrogens is 841 g/mol. The van der Waals surface area contributed by atoms with E-state index in [1.165, 1.54) is 25.3 Å². The van der Waals surface area contributed by atoms with Gasteiger partial charge in [-0.15, -0.1) is 0 Å². The number of aromatic nitrogens is 3. The van der Waals surface area contributed by atoms with Gasteiger partial charge in [0.25, 0.3) is 0 Å². The molecule has 19 heteroatoms. The van der Waals surface area contributed by atoms with Crippen LogP contribution in [0.2, 0.25) is 5.02 Å². The summed E-state index contributed by atoms with van der Waals surface area (Å²) >= 11 is 6.36. The minimum atomic E-state index is -0.477. The Kier molecular flexibility index (Phi) is 19.6. The second-order valence-electron chi connectivity index (χ2n) is 14.9. The number of nitrogens with one attached hydrogen (secondary N) is 1. The van der Waals surface area contributed by atoms with Crippen LogP contribution in [0.4, 0.5) is 15.8 Å². The Morgan fingerprint density at radius 2 is 1.41 bits per heavy atom. The van der Waals surface area contributed by atoms with Gasteiger partial charge in [0, 0.05) is 60.9 Å². The first-order chi connectivity index (χ1) is 30.8. The van der Waals surface area contributed by atoms with Crippen LogP contribution in [-0.4, -0.2) is 163 Å². The molecule has 3 aromatic heterocycles. The van der Waals surface area contributed by atoms with Crippen molar-refractivity contribution in [2.45, 2.75) is 43.8 Å². The summed E-state index contributed by atoms with van der Waals surface area (Å²) in [6.07, 6.45) is 8.97. The van der Waals surface area contributed by atoms with Gasteiger partial charge in [-0.05, 0) is 49.9 Å². The minimum Gasteiger partial charge on any atom is -0.475 e. The maximum Gasteiger partial charge on any atom is 0.319 e. The molecule has 0 radical (unpaired) electrons. The molecule has 344 valence electrons. The molecule has 2 aliphatic heterocycles. The number of ether oxygens (including phenoxy) is 9. The monoisotopic (exact) mass is 899 g/mol. The van der Waals surface area contributed by atoms with Crippen LogP contribution in [0, 0.1) is 5.82 Å². The molecule has 2 bridgehead atoms. The Morgan fingerprint density at radius 1 is 0.810 bits per heavy atom. The Bertz CT molecular complexity index is 2030. The number of carbonyl (C=O) groups is 1. The Morgan fingerprint density at radius 3 is 1.98 bits per heavy atom. The number of benzene rings is 1. The fourth-order valence-electron chi connectivity index (χ4n) is 7.58. The van der Waals surface area contributed by atoms with Gasteiger partial charge in [-0.2, -0.15) is 5.10 Å². The smallest absolute Gasteiger partial charge is 0.319 e. The normalized spacial score (nSPS) is 17.7. The highest BCUT2D eigenvalue weighted by Crippen LogP contribution is 2.38. The number of nitrogens with zero attached hydrogens (tertiary/aromatic N) is 5. The number of esters is 1. The summed E-state index contributed by atoms with van der Waals surface area (Å²) in [5, 5.41) is 8.72. The van der Waals surface area contributed by atoms with Gasteiger partial charge in [-0.25, -0.2) is 18.9 Å². The topological polar surface area (TPSA) is 184 Å². The van der Waals surface area contributed by atoms with Crippen molar-refractivity contribution >= 4 is 40.3 Å². The third-order valence-corrected chi connectivity index (χ3v) is 11.0. The van der Waals surface area contributed by atoms with E-state index in [4.69, 9.17) is 60.0 Å². The van der Waals surface area contributed by atoms with E-state index >= 15 is 0 Å². The van der Waals surface area contributed by atoms with Gasteiger partial charge in [-0.1, -0.05) is 11.6 Å². The number of piperidine rings is 1. The fraction of sp³-hybridized carbons (Fsp3) is 0.545. The summed E-state index contributed by atoms with van der Waals surface area (Å²) in [4.78, 5) is 23.5. The zero-order valence-electron chi connectivity index (χ0n) is 36.0. The number of carbonyl (C=O) groups excluding carboxylic acids is 1. The van der Waals surface area contributed by atoms with Crippen molar-refractivity contribution in [1.82, 2.24) is 19.5 Å². The van der Waals surface area contributed by atoms with Gasteiger partial charge in [0.2, 0.25) is 5.88 Å². The lowest BCUT2D eigenvalue weighted by Crippen LogP contribution is -2.49. The lowest BCUT2D eigenvalue weighted by atomic mass is 9.96. The van der Waals surface area contributed by atoms with Gasteiger partial charge in [0.15, 0.2) is 0 Å². The number of aliphatic imine (C=N–C) groups is 1. The molecule has 17 nitrogen and oxygen atoms in total. The molecule has 0 aliphatic carbocycles. The summed E-state index contributed by atoms with van der Waals surface area (Å²) < 4.78 is 64.6. The van der Waals surface area contributed by atoms with E-state index in [0.29, 0.717) is 104 Å². The molecule has 6 rings (SSSR count). The minimum absolute atomic E-state index is 0.0799. The van der Waals surface area contributed by atoms with Crippen molar-refractivity contribution < 1.29 is 51.8 Å². The first-order valence-corrected chi connectivity index (χ1v) is 21.7. The van der Waals surface area contributed by atoms with E-state index in [9.17, 15) is 9.18 Å². The van der Waals surface area contributed by atoms with Crippen LogP contribution < -0.4 is 15.8 Å². The van der Waals surface area contributed by atoms with E-state index < -0.39 is 5.82 Å². The number of halogens is 2. The van der Waals surface area contributed by atoms with Gasteiger partial charge >= 0.3 is 5.97 Å². The standard InChI is InChI=1S/C44H59ClFN7O10/c1-55-9-10-57-11-12-58-13-14-59-15-16-60-17-18-61-19-20-62-21-22-63-41-8-3-31(27-48-41)32-23-40-43(50-34-25-35-5-6-36(26-34)52(35)30-42(54)56-2)37(28-49-53(40)29-32)44(47)51-39-24-33(46)4-7-38(39)45/h3-4,7-8,23-24,27-29,34-36,50H,5-6,9-22,25-26,30H2,1-2H3,(H2,47,51)/t34?,35-,36+. The third-order valence-electron chi connectivity index (χ3n) is 10.7. The summed E-state index contributed by atoms with van der Waals surface area (Å²) in [5.41, 5.74) is 10.6. The predicted octanol–water partition coefficient (Wildman–Crippen LogP) is 4.93. The number of hydrogen-bond acceptors (Lipinski definition) is 15. The van der Waals surface area contributed by atoms with Crippen LogP contribution in [0.25, 0.3) is 16.6 Å². The van der Waals surface area contributed by atoms with Gasteiger partial charge in [0.1, 0.15) is 18.3 Å². The third kappa shape index (κ3) is 14.8. The van der Waals surface area contributed by atoms with Crippen molar-refractivity contribution in [1.29, 1.82) is 0 Å². The molecular formula is C44H59ClFN7O10. The highest BCUT2D eigenvalue weighted by Gasteiger charge is 2.42. The average molecular weight is 900 g/mol. The highest BCUT2D eigenvalue weighted by atomic mass is 35.5. The lowest BCUT2D eigenvalue weighted by molar-refractivity contribution is -0.143. The van der Waals surface area contributed by atoms with Crippen molar-refractivity contribution in [2.24, 2.45) is 10.7 Å². The van der Waals surface area contributed by atoms with Crippen molar-refractivity contribution in [3.63, 3.8) is 0 Å². The molecule has 0 saturated carbocycles. The van der Waals surface area contributed by atoms with E-state index in [0.717, 1.165) is 48.0 Å². The van der Waals surface area contributed by atoms with Crippen LogP contribution in [-0.2, 0) is 42.7 Å². The molecule has 3 atom stereocenters. The van der Waals surface area contributed by atoms with Crippen molar-refractivity contribution in [3.05, 3.63) is 71.4 Å². The van der Waals surface area contributed by atoms with E-state index in [-0.39, 0.29) is 47.2 Å². The molecule has 63 heavy (non-hydrogen) atoms. The molecule has 0 amide bonds. The maximum atomic E-state index is 14.2. The van der Waals surface area contributed by atoms with Crippen LogP contribution in [0.15, 0.2) is 60.0 Å². The molecule has 1 aromatic carbocycles. The summed E-state index contributed by atoms with van der Waals surface area (Å²) in [6, 6.07) is 10.3. The summed E-state index contributed by atoms with van der Waals surface area (Å²) in [6.45, 7) is 6.97. The van der Waals surface area contributed by atoms with Crippen molar-refractivity contribution in [2.75, 3.05) is 119 Å². The summed E-state index contributed by atoms with van der Waals surface area (Å²) in [7, 11) is 3.06. The van der Waals surface area contributed by atoms with Crippen LogP contribution in [0.1, 0.15) is 31.2 Å². The average Bonchev–Trinajstić information content (AvgIpc) is 3.82. The first kappa shape index (κ1) is 48.0. The molecule has 3 N–H and O–H groups in total. The zero-order valence-corrected chi connectivity index (χ0v) is 36.8. The van der Waals surface area contributed by atoms with E-state index in [2.05, 4.69) is 25.3 Å². The van der Waals surface area contributed by atoms with Crippen molar-refractivity contribution in [3.8, 4) is 17.0 Å². The number of pyridine rings is 1. The van der Waals surface area contributed by atoms with Gasteiger partial charge < -0.3 is 53.7 Å². The van der Waals surface area contributed by atoms with Crippen LogP contribution in [0.3, 0.4) is 0 Å². The van der Waals surface area contributed by atoms with Gasteiger partial charge in [-0.3, -0.25) is 9.69 Å². The number of fused-ring (bicyclic) bond motifs is 3. The van der Waals surface area contributed by atoms with Gasteiger partial charge in [0.05, 0.1) is 133 Å². The first-order valence-electron chi connectivity index (χ1n) is 21.3. The SMILES string of the molecule is COCCOCCOCCOCCOCCOCCOCCOc1ccc(-c2cc3c(NC4C[C@H]5CC[C@@H](C4)N5CC(=O)OC)c(C(N)=Nc4cc(F)ccc4Cl)cnn3c2)cn1. The maximum absolute atomic E-state index is 14.2. The number of rotatable bonds is 29. The molecule has 4 aromatic rings. The van der Waals surface area contributed by atoms with Crippen LogP contribution >= 0.6 is 11.6 Å².